The van der Waals surface area contributed by atoms with Crippen LogP contribution in [0.25, 0.3) is 20.8 Å². The average molecular weight is 299 g/mol. The zero-order valence-corrected chi connectivity index (χ0v) is 11.9. The first kappa shape index (κ1) is 11.9. The van der Waals surface area contributed by atoms with Crippen molar-refractivity contribution in [1.29, 1.82) is 0 Å². The zero-order chi connectivity index (χ0) is 13.5. The number of carbonyl (C=O) groups excluding carboxylic acids is 1. The van der Waals surface area contributed by atoms with E-state index in [0.717, 1.165) is 31.4 Å². The Labute approximate surface area is 123 Å². The summed E-state index contributed by atoms with van der Waals surface area (Å²) in [6.45, 7) is 0. The lowest BCUT2D eigenvalue weighted by atomic mass is 10.2. The molecular weight excluding hydrogens is 290 g/mol. The lowest BCUT2D eigenvalue weighted by Crippen LogP contribution is -2.18. The first-order valence-corrected chi connectivity index (χ1v) is 7.87. The molecule has 0 atom stereocenters. The number of rotatable bonds is 1. The molecule has 1 amide bonds. The fourth-order valence-corrected chi connectivity index (χ4v) is 4.01. The Balaban J connectivity index is 1.86. The number of hydrogen-bond acceptors (Lipinski definition) is 5. The Morgan fingerprint density at radius 3 is 2.90 bits per heavy atom. The third-order valence-electron chi connectivity index (χ3n) is 3.05. The number of fused-ring (bicyclic) bond motifs is 2. The molecule has 20 heavy (non-hydrogen) atoms. The lowest BCUT2D eigenvalue weighted by molar-refractivity contribution is -0.113. The average Bonchev–Trinajstić information content (AvgIpc) is 2.88. The molecule has 0 radical (unpaired) electrons. The summed E-state index contributed by atoms with van der Waals surface area (Å²) in [4.78, 5) is 21.2. The number of anilines is 1. The number of aromatic nitrogens is 2. The number of nitrogens with one attached hydrogen (secondary N) is 1. The Morgan fingerprint density at radius 2 is 2.05 bits per heavy atom. The van der Waals surface area contributed by atoms with Gasteiger partial charge in [0.15, 0.2) is 0 Å². The van der Waals surface area contributed by atoms with Gasteiger partial charge in [-0.3, -0.25) is 9.78 Å². The van der Waals surface area contributed by atoms with Gasteiger partial charge in [0.2, 0.25) is 5.91 Å². The monoisotopic (exact) mass is 299 g/mol. The molecule has 0 bridgehead atoms. The van der Waals surface area contributed by atoms with Crippen LogP contribution in [0.1, 0.15) is 0 Å². The molecule has 0 unspecified atom stereocenters. The predicted molar refractivity (Wildman–Crippen MR) is 82.2 cm³/mol. The highest BCUT2D eigenvalue weighted by atomic mass is 32.2. The number of thiazole rings is 1. The van der Waals surface area contributed by atoms with E-state index in [0.29, 0.717) is 5.75 Å². The summed E-state index contributed by atoms with van der Waals surface area (Å²) in [6.07, 6.45) is 3.53. The lowest BCUT2D eigenvalue weighted by Gasteiger charge is -2.15. The van der Waals surface area contributed by atoms with Crippen LogP contribution in [-0.2, 0) is 4.79 Å². The Bertz CT molecular complexity index is 814. The van der Waals surface area contributed by atoms with Crippen molar-refractivity contribution in [3.8, 4) is 10.6 Å². The Hall–Kier alpha value is -1.92. The van der Waals surface area contributed by atoms with Crippen LogP contribution in [0, 0.1) is 0 Å². The SMILES string of the molecule is O=C1CSc2cc3sc(-c4ccncc4)nc3cc2N1. The number of thioether (sulfide) groups is 1. The third kappa shape index (κ3) is 1.97. The second kappa shape index (κ2) is 4.57. The number of amides is 1. The topological polar surface area (TPSA) is 54.9 Å². The molecule has 1 aliphatic rings. The maximum absolute atomic E-state index is 11.4. The van der Waals surface area contributed by atoms with E-state index in [1.165, 1.54) is 0 Å². The van der Waals surface area contributed by atoms with Gasteiger partial charge in [-0.05, 0) is 24.3 Å². The molecule has 4 nitrogen and oxygen atoms in total. The summed E-state index contributed by atoms with van der Waals surface area (Å²) >= 11 is 3.23. The molecule has 0 aliphatic carbocycles. The van der Waals surface area contributed by atoms with Crippen LogP contribution in [0.2, 0.25) is 0 Å². The second-order valence-electron chi connectivity index (χ2n) is 4.41. The van der Waals surface area contributed by atoms with Gasteiger partial charge in [0, 0.05) is 22.9 Å². The van der Waals surface area contributed by atoms with Crippen LogP contribution >= 0.6 is 23.1 Å². The van der Waals surface area contributed by atoms with Gasteiger partial charge >= 0.3 is 0 Å². The van der Waals surface area contributed by atoms with Gasteiger partial charge in [-0.25, -0.2) is 4.98 Å². The quantitative estimate of drug-likeness (QED) is 0.748. The van der Waals surface area contributed by atoms with Crippen LogP contribution in [0.4, 0.5) is 5.69 Å². The van der Waals surface area contributed by atoms with Crippen molar-refractivity contribution in [2.24, 2.45) is 0 Å². The molecule has 3 aromatic rings. The van der Waals surface area contributed by atoms with Gasteiger partial charge in [-0.2, -0.15) is 0 Å². The maximum Gasteiger partial charge on any atom is 0.234 e. The number of nitrogens with zero attached hydrogens (tertiary/aromatic N) is 2. The standard InChI is InChI=1S/C14H9N3OS2/c18-13-7-19-11-6-12-10(5-9(11)16-13)17-14(20-12)8-1-3-15-4-2-8/h1-6H,7H2,(H,16,18). The molecule has 1 N–H and O–H groups in total. The van der Waals surface area contributed by atoms with E-state index >= 15 is 0 Å². The Morgan fingerprint density at radius 1 is 1.20 bits per heavy atom. The van der Waals surface area contributed by atoms with E-state index in [-0.39, 0.29) is 5.91 Å². The highest BCUT2D eigenvalue weighted by Crippen LogP contribution is 2.38. The largest absolute Gasteiger partial charge is 0.324 e. The fraction of sp³-hybridized carbons (Fsp3) is 0.0714. The van der Waals surface area contributed by atoms with Crippen LogP contribution < -0.4 is 5.32 Å². The molecular formula is C14H9N3OS2. The molecule has 0 spiro atoms. The Kier molecular flexibility index (Phi) is 2.71. The molecule has 0 saturated carbocycles. The van der Waals surface area contributed by atoms with E-state index in [1.54, 1.807) is 35.5 Å². The normalized spacial score (nSPS) is 14.1. The van der Waals surface area contributed by atoms with E-state index in [9.17, 15) is 4.79 Å². The van der Waals surface area contributed by atoms with Crippen molar-refractivity contribution in [2.75, 3.05) is 11.1 Å². The van der Waals surface area contributed by atoms with Crippen molar-refractivity contribution < 1.29 is 4.79 Å². The summed E-state index contributed by atoms with van der Waals surface area (Å²) in [5.41, 5.74) is 2.85. The summed E-state index contributed by atoms with van der Waals surface area (Å²) in [7, 11) is 0. The first-order valence-electron chi connectivity index (χ1n) is 6.07. The maximum atomic E-state index is 11.4. The van der Waals surface area contributed by atoms with Gasteiger partial charge in [-0.15, -0.1) is 23.1 Å². The third-order valence-corrected chi connectivity index (χ3v) is 5.17. The van der Waals surface area contributed by atoms with Crippen molar-refractivity contribution in [3.63, 3.8) is 0 Å². The number of pyridine rings is 1. The molecule has 3 heterocycles. The minimum absolute atomic E-state index is 0.0476. The predicted octanol–water partition coefficient (Wildman–Crippen LogP) is 3.40. The van der Waals surface area contributed by atoms with Crippen molar-refractivity contribution in [1.82, 2.24) is 9.97 Å². The van der Waals surface area contributed by atoms with E-state index in [2.05, 4.69) is 21.4 Å². The molecule has 0 fully saturated rings. The number of carbonyl (C=O) groups is 1. The van der Waals surface area contributed by atoms with Gasteiger partial charge < -0.3 is 5.32 Å². The first-order chi connectivity index (χ1) is 9.79. The highest BCUT2D eigenvalue weighted by Gasteiger charge is 2.17. The minimum Gasteiger partial charge on any atom is -0.324 e. The van der Waals surface area contributed by atoms with E-state index < -0.39 is 0 Å². The van der Waals surface area contributed by atoms with E-state index in [4.69, 9.17) is 0 Å². The smallest absolute Gasteiger partial charge is 0.234 e. The molecule has 2 aromatic heterocycles. The van der Waals surface area contributed by atoms with E-state index in [1.807, 2.05) is 18.2 Å². The highest BCUT2D eigenvalue weighted by molar-refractivity contribution is 8.00. The van der Waals surface area contributed by atoms with Crippen LogP contribution in [0.15, 0.2) is 41.6 Å². The molecule has 98 valence electrons. The summed E-state index contributed by atoms with van der Waals surface area (Å²) in [5, 5.41) is 3.87. The van der Waals surface area contributed by atoms with Gasteiger partial charge in [0.05, 0.1) is 21.7 Å². The molecule has 1 aromatic carbocycles. The fourth-order valence-electron chi connectivity index (χ4n) is 2.12. The van der Waals surface area contributed by atoms with Crippen molar-refractivity contribution >= 4 is 44.9 Å². The van der Waals surface area contributed by atoms with Gasteiger partial charge in [-0.1, -0.05) is 0 Å². The molecule has 4 rings (SSSR count). The summed E-state index contributed by atoms with van der Waals surface area (Å²) in [5.74, 6) is 0.528. The number of hydrogen-bond donors (Lipinski definition) is 1. The van der Waals surface area contributed by atoms with Crippen LogP contribution in [0.3, 0.4) is 0 Å². The molecule has 1 aliphatic heterocycles. The van der Waals surface area contributed by atoms with Crippen LogP contribution in [0.5, 0.6) is 0 Å². The number of benzene rings is 1. The van der Waals surface area contributed by atoms with Crippen LogP contribution in [-0.4, -0.2) is 21.6 Å². The molecule has 6 heteroatoms. The van der Waals surface area contributed by atoms with Crippen molar-refractivity contribution in [2.45, 2.75) is 4.90 Å². The van der Waals surface area contributed by atoms with Crippen molar-refractivity contribution in [3.05, 3.63) is 36.7 Å². The summed E-state index contributed by atoms with van der Waals surface area (Å²) in [6, 6.07) is 7.97. The van der Waals surface area contributed by atoms with Gasteiger partial charge in [0.25, 0.3) is 0 Å². The van der Waals surface area contributed by atoms with Gasteiger partial charge in [0.1, 0.15) is 5.01 Å². The zero-order valence-electron chi connectivity index (χ0n) is 10.3. The molecule has 0 saturated heterocycles. The summed E-state index contributed by atoms with van der Waals surface area (Å²) < 4.78 is 1.14. The minimum atomic E-state index is 0.0476. The second-order valence-corrected chi connectivity index (χ2v) is 6.46.